The summed E-state index contributed by atoms with van der Waals surface area (Å²) in [6, 6.07) is 4.09. The molecule has 26 heavy (non-hydrogen) atoms. The van der Waals surface area contributed by atoms with Gasteiger partial charge in [-0.05, 0) is 18.2 Å². The van der Waals surface area contributed by atoms with Crippen LogP contribution < -0.4 is 5.32 Å². The minimum absolute atomic E-state index is 0.0415. The maximum atomic E-state index is 12.6. The highest BCUT2D eigenvalue weighted by molar-refractivity contribution is 7.89. The third-order valence-corrected chi connectivity index (χ3v) is 6.53. The molecule has 1 aromatic rings. The Bertz CT molecular complexity index is 820. The van der Waals surface area contributed by atoms with Gasteiger partial charge in [-0.3, -0.25) is 19.3 Å². The zero-order valence-electron chi connectivity index (χ0n) is 14.5. The number of nitrogens with one attached hydrogen (secondary N) is 1. The standard InChI is InChI=1S/C16H20ClN3O5S/c1-3-19(4-2)26(24,25)13-9-11(5-6-12(13)17)18-14(21)10-20-15(22)7-8-16(20)23/h5-6,9H,3-4,7-8,10H2,1-2H3,(H,18,21). The van der Waals surface area contributed by atoms with Crippen molar-refractivity contribution < 1.29 is 22.8 Å². The number of nitrogens with zero attached hydrogens (tertiary/aromatic N) is 2. The lowest BCUT2D eigenvalue weighted by atomic mass is 10.3. The number of hydrogen-bond donors (Lipinski definition) is 1. The first kappa shape index (κ1) is 20.3. The van der Waals surface area contributed by atoms with Gasteiger partial charge in [0, 0.05) is 31.6 Å². The first-order valence-electron chi connectivity index (χ1n) is 8.13. The number of anilines is 1. The first-order chi connectivity index (χ1) is 12.2. The summed E-state index contributed by atoms with van der Waals surface area (Å²) in [4.78, 5) is 36.0. The van der Waals surface area contributed by atoms with Crippen LogP contribution in [-0.2, 0) is 24.4 Å². The molecule has 1 aliphatic heterocycles. The molecular weight excluding hydrogens is 382 g/mol. The molecule has 2 rings (SSSR count). The van der Waals surface area contributed by atoms with E-state index < -0.39 is 34.3 Å². The van der Waals surface area contributed by atoms with Crippen molar-refractivity contribution in [2.24, 2.45) is 0 Å². The predicted octanol–water partition coefficient (Wildman–Crippen LogP) is 1.46. The number of hydrogen-bond acceptors (Lipinski definition) is 5. The smallest absolute Gasteiger partial charge is 0.244 e. The molecular formula is C16H20ClN3O5S. The van der Waals surface area contributed by atoms with E-state index in [1.807, 2.05) is 0 Å². The molecule has 1 aromatic carbocycles. The normalized spacial score (nSPS) is 15.0. The molecule has 1 aliphatic rings. The largest absolute Gasteiger partial charge is 0.324 e. The molecule has 0 aliphatic carbocycles. The molecule has 0 atom stereocenters. The number of carbonyl (C=O) groups excluding carboxylic acids is 3. The number of benzene rings is 1. The van der Waals surface area contributed by atoms with Crippen LogP contribution in [0, 0.1) is 0 Å². The first-order valence-corrected chi connectivity index (χ1v) is 9.95. The molecule has 0 saturated carbocycles. The molecule has 1 fully saturated rings. The van der Waals surface area contributed by atoms with Crippen LogP contribution in [0.1, 0.15) is 26.7 Å². The van der Waals surface area contributed by atoms with Crippen LogP contribution in [0.5, 0.6) is 0 Å². The number of imide groups is 1. The van der Waals surface area contributed by atoms with Crippen LogP contribution >= 0.6 is 11.6 Å². The van der Waals surface area contributed by atoms with E-state index in [0.29, 0.717) is 0 Å². The molecule has 142 valence electrons. The Morgan fingerprint density at radius 1 is 1.19 bits per heavy atom. The lowest BCUT2D eigenvalue weighted by Crippen LogP contribution is -2.37. The van der Waals surface area contributed by atoms with E-state index >= 15 is 0 Å². The quantitative estimate of drug-likeness (QED) is 0.696. The molecule has 1 heterocycles. The summed E-state index contributed by atoms with van der Waals surface area (Å²) in [7, 11) is -3.80. The number of amides is 3. The molecule has 0 aromatic heterocycles. The highest BCUT2D eigenvalue weighted by atomic mass is 35.5. The van der Waals surface area contributed by atoms with Crippen molar-refractivity contribution >= 4 is 45.0 Å². The minimum Gasteiger partial charge on any atom is -0.324 e. The van der Waals surface area contributed by atoms with Crippen molar-refractivity contribution in [1.29, 1.82) is 0 Å². The van der Waals surface area contributed by atoms with E-state index in [9.17, 15) is 22.8 Å². The van der Waals surface area contributed by atoms with Gasteiger partial charge in [0.2, 0.25) is 27.7 Å². The van der Waals surface area contributed by atoms with Crippen molar-refractivity contribution in [2.45, 2.75) is 31.6 Å². The third kappa shape index (κ3) is 4.22. The number of carbonyl (C=O) groups is 3. The van der Waals surface area contributed by atoms with Crippen molar-refractivity contribution in [3.8, 4) is 0 Å². The second-order valence-corrected chi connectivity index (χ2v) is 7.97. The molecule has 1 saturated heterocycles. The van der Waals surface area contributed by atoms with Crippen LogP contribution in [0.4, 0.5) is 5.69 Å². The summed E-state index contributed by atoms with van der Waals surface area (Å²) in [6.07, 6.45) is 0.193. The summed E-state index contributed by atoms with van der Waals surface area (Å²) in [5.41, 5.74) is 0.212. The van der Waals surface area contributed by atoms with Crippen LogP contribution in [0.2, 0.25) is 5.02 Å². The zero-order valence-corrected chi connectivity index (χ0v) is 16.1. The Morgan fingerprint density at radius 3 is 2.31 bits per heavy atom. The highest BCUT2D eigenvalue weighted by Crippen LogP contribution is 2.27. The van der Waals surface area contributed by atoms with E-state index in [4.69, 9.17) is 11.6 Å². The van der Waals surface area contributed by atoms with Crippen LogP contribution in [0.3, 0.4) is 0 Å². The fourth-order valence-electron chi connectivity index (χ4n) is 2.62. The topological polar surface area (TPSA) is 104 Å². The fourth-order valence-corrected chi connectivity index (χ4v) is 4.58. The molecule has 0 unspecified atom stereocenters. The van der Waals surface area contributed by atoms with Gasteiger partial charge >= 0.3 is 0 Å². The van der Waals surface area contributed by atoms with E-state index in [2.05, 4.69) is 5.32 Å². The lowest BCUT2D eigenvalue weighted by Gasteiger charge is -2.20. The van der Waals surface area contributed by atoms with Gasteiger partial charge in [-0.1, -0.05) is 25.4 Å². The molecule has 1 N–H and O–H groups in total. The second kappa shape index (κ2) is 8.15. The average molecular weight is 402 g/mol. The van der Waals surface area contributed by atoms with Gasteiger partial charge < -0.3 is 5.32 Å². The molecule has 0 bridgehead atoms. The highest BCUT2D eigenvalue weighted by Gasteiger charge is 2.30. The Hall–Kier alpha value is -1.97. The summed E-state index contributed by atoms with van der Waals surface area (Å²) in [5.74, 6) is -1.39. The lowest BCUT2D eigenvalue weighted by molar-refractivity contribution is -0.141. The summed E-state index contributed by atoms with van der Waals surface area (Å²) in [5, 5.41) is 2.54. The SMILES string of the molecule is CCN(CC)S(=O)(=O)c1cc(NC(=O)CN2C(=O)CCC2=O)ccc1Cl. The van der Waals surface area contributed by atoms with Gasteiger partial charge in [0.15, 0.2) is 0 Å². The Kier molecular flexibility index (Phi) is 6.38. The van der Waals surface area contributed by atoms with Gasteiger partial charge in [0.05, 0.1) is 5.02 Å². The zero-order chi connectivity index (χ0) is 19.5. The predicted molar refractivity (Wildman–Crippen MR) is 96.1 cm³/mol. The maximum absolute atomic E-state index is 12.6. The Labute approximate surface area is 157 Å². The van der Waals surface area contributed by atoms with Gasteiger partial charge in [-0.25, -0.2) is 8.42 Å². The number of sulfonamides is 1. The Balaban J connectivity index is 2.20. The summed E-state index contributed by atoms with van der Waals surface area (Å²) in [6.45, 7) is 3.59. The van der Waals surface area contributed by atoms with Crippen molar-refractivity contribution in [3.63, 3.8) is 0 Å². The molecule has 0 radical (unpaired) electrons. The Morgan fingerprint density at radius 2 is 1.77 bits per heavy atom. The fraction of sp³-hybridized carbons (Fsp3) is 0.438. The van der Waals surface area contributed by atoms with Crippen LogP contribution in [0.25, 0.3) is 0 Å². The maximum Gasteiger partial charge on any atom is 0.244 e. The second-order valence-electron chi connectivity index (χ2n) is 5.66. The summed E-state index contributed by atoms with van der Waals surface area (Å²) < 4.78 is 26.5. The number of halogens is 1. The third-order valence-electron chi connectivity index (χ3n) is 3.99. The van der Waals surface area contributed by atoms with Crippen molar-refractivity contribution in [1.82, 2.24) is 9.21 Å². The van der Waals surface area contributed by atoms with Gasteiger partial charge in [-0.2, -0.15) is 4.31 Å². The van der Waals surface area contributed by atoms with E-state index in [1.54, 1.807) is 13.8 Å². The van der Waals surface area contributed by atoms with Crippen molar-refractivity contribution in [2.75, 3.05) is 25.0 Å². The number of rotatable bonds is 7. The van der Waals surface area contributed by atoms with E-state index in [0.717, 1.165) is 4.90 Å². The summed E-state index contributed by atoms with van der Waals surface area (Å²) >= 11 is 6.03. The molecule has 0 spiro atoms. The van der Waals surface area contributed by atoms with Gasteiger partial charge in [0.25, 0.3) is 0 Å². The molecule has 8 nitrogen and oxygen atoms in total. The van der Waals surface area contributed by atoms with Crippen molar-refractivity contribution in [3.05, 3.63) is 23.2 Å². The molecule has 10 heteroatoms. The number of likely N-dealkylation sites (tertiary alicyclic amines) is 1. The van der Waals surface area contributed by atoms with Crippen LogP contribution in [-0.4, -0.2) is 55.0 Å². The average Bonchev–Trinajstić information content (AvgIpc) is 2.89. The van der Waals surface area contributed by atoms with E-state index in [-0.39, 0.29) is 41.5 Å². The van der Waals surface area contributed by atoms with E-state index in [1.165, 1.54) is 22.5 Å². The monoisotopic (exact) mass is 401 g/mol. The minimum atomic E-state index is -3.80. The molecule has 3 amide bonds. The van der Waals surface area contributed by atoms with Gasteiger partial charge in [-0.15, -0.1) is 0 Å². The van der Waals surface area contributed by atoms with Crippen LogP contribution in [0.15, 0.2) is 23.1 Å². The van der Waals surface area contributed by atoms with Gasteiger partial charge in [0.1, 0.15) is 11.4 Å².